The highest BCUT2D eigenvalue weighted by Crippen LogP contribution is 2.28. The van der Waals surface area contributed by atoms with Crippen molar-refractivity contribution in [2.75, 3.05) is 6.61 Å². The number of para-hydroxylation sites is 1. The third kappa shape index (κ3) is 2.94. The number of nitrogens with zero attached hydrogens (tertiary/aromatic N) is 2. The third-order valence-corrected chi connectivity index (χ3v) is 4.24. The van der Waals surface area contributed by atoms with Crippen LogP contribution >= 0.6 is 0 Å². The summed E-state index contributed by atoms with van der Waals surface area (Å²) in [6.07, 6.45) is 5.65. The second-order valence-corrected chi connectivity index (χ2v) is 5.49. The van der Waals surface area contributed by atoms with Crippen LogP contribution in [-0.2, 0) is 19.4 Å². The van der Waals surface area contributed by atoms with Crippen molar-refractivity contribution in [3.8, 4) is 5.75 Å². The summed E-state index contributed by atoms with van der Waals surface area (Å²) in [6, 6.07) is 8.38. The highest BCUT2D eigenvalue weighted by Gasteiger charge is 2.27. The van der Waals surface area contributed by atoms with Crippen molar-refractivity contribution in [2.45, 2.75) is 32.4 Å². The zero-order chi connectivity index (χ0) is 14.7. The first kappa shape index (κ1) is 14.1. The van der Waals surface area contributed by atoms with Crippen molar-refractivity contribution >= 4 is 0 Å². The Kier molecular flexibility index (Phi) is 4.22. The van der Waals surface area contributed by atoms with Crippen LogP contribution in [0.1, 0.15) is 18.3 Å². The summed E-state index contributed by atoms with van der Waals surface area (Å²) < 4.78 is 8.03. The largest absolute Gasteiger partial charge is 0.493 e. The lowest BCUT2D eigenvalue weighted by atomic mass is 9.89. The monoisotopic (exact) mass is 286 g/mol. The number of aryl methyl sites for hydroxylation is 1. The van der Waals surface area contributed by atoms with E-state index in [-0.39, 0.29) is 6.04 Å². The van der Waals surface area contributed by atoms with Gasteiger partial charge in [0.25, 0.3) is 0 Å². The van der Waals surface area contributed by atoms with Crippen LogP contribution in [0.4, 0.5) is 0 Å². The van der Waals surface area contributed by atoms with E-state index < -0.39 is 0 Å². The number of fused-ring (bicyclic) bond motifs is 1. The van der Waals surface area contributed by atoms with Crippen LogP contribution in [0.15, 0.2) is 36.7 Å². The molecule has 112 valence electrons. The highest BCUT2D eigenvalue weighted by atomic mass is 16.5. The van der Waals surface area contributed by atoms with Crippen molar-refractivity contribution in [1.29, 1.82) is 0 Å². The molecule has 0 saturated carbocycles. The van der Waals surface area contributed by atoms with Crippen LogP contribution in [0.2, 0.25) is 0 Å². The summed E-state index contributed by atoms with van der Waals surface area (Å²) in [4.78, 5) is 4.44. The number of hydrogen-bond acceptors (Lipinski definition) is 4. The van der Waals surface area contributed by atoms with Gasteiger partial charge in [0.15, 0.2) is 0 Å². The minimum Gasteiger partial charge on any atom is -0.493 e. The van der Waals surface area contributed by atoms with Gasteiger partial charge in [-0.3, -0.25) is 11.3 Å². The standard InChI is InChI=1S/C16H22N4O/c1-2-20-8-7-18-16(20)10-14(19-17)13-9-12-5-3-4-6-15(12)21-11-13/h3-8,13-14,19H,2,9-11,17H2,1H3. The molecule has 2 atom stereocenters. The third-order valence-electron chi connectivity index (χ3n) is 4.24. The van der Waals surface area contributed by atoms with Gasteiger partial charge in [-0.1, -0.05) is 18.2 Å². The molecule has 0 fully saturated rings. The number of ether oxygens (including phenoxy) is 1. The first-order valence-electron chi connectivity index (χ1n) is 7.48. The molecule has 1 aliphatic heterocycles. The molecular formula is C16H22N4O. The van der Waals surface area contributed by atoms with Crippen LogP contribution in [0.5, 0.6) is 5.75 Å². The van der Waals surface area contributed by atoms with E-state index in [4.69, 9.17) is 10.6 Å². The van der Waals surface area contributed by atoms with E-state index >= 15 is 0 Å². The molecule has 0 radical (unpaired) electrons. The Hall–Kier alpha value is -1.85. The highest BCUT2D eigenvalue weighted by molar-refractivity contribution is 5.35. The van der Waals surface area contributed by atoms with Crippen LogP contribution in [0.25, 0.3) is 0 Å². The van der Waals surface area contributed by atoms with E-state index in [9.17, 15) is 0 Å². The van der Waals surface area contributed by atoms with Crippen molar-refractivity contribution in [3.05, 3.63) is 48.0 Å². The molecule has 5 nitrogen and oxygen atoms in total. The van der Waals surface area contributed by atoms with Gasteiger partial charge in [0.2, 0.25) is 0 Å². The molecule has 3 N–H and O–H groups in total. The van der Waals surface area contributed by atoms with Gasteiger partial charge in [-0.25, -0.2) is 4.98 Å². The van der Waals surface area contributed by atoms with E-state index in [0.717, 1.165) is 31.0 Å². The van der Waals surface area contributed by atoms with Crippen LogP contribution in [0.3, 0.4) is 0 Å². The molecule has 0 amide bonds. The second-order valence-electron chi connectivity index (χ2n) is 5.49. The molecule has 2 aromatic rings. The molecule has 2 heterocycles. The molecule has 2 unspecified atom stereocenters. The average molecular weight is 286 g/mol. The fraction of sp³-hybridized carbons (Fsp3) is 0.438. The molecule has 3 rings (SSSR count). The number of aromatic nitrogens is 2. The summed E-state index contributed by atoms with van der Waals surface area (Å²) in [5, 5.41) is 0. The van der Waals surface area contributed by atoms with Crippen molar-refractivity contribution < 1.29 is 4.74 Å². The molecular weight excluding hydrogens is 264 g/mol. The Labute approximate surface area is 125 Å². The molecule has 1 aliphatic rings. The van der Waals surface area contributed by atoms with E-state index in [1.807, 2.05) is 24.5 Å². The van der Waals surface area contributed by atoms with Crippen molar-refractivity contribution in [2.24, 2.45) is 11.8 Å². The predicted molar refractivity (Wildman–Crippen MR) is 81.8 cm³/mol. The Bertz CT molecular complexity index is 595. The number of hydrazine groups is 1. The van der Waals surface area contributed by atoms with Gasteiger partial charge >= 0.3 is 0 Å². The number of imidazole rings is 1. The topological polar surface area (TPSA) is 65.1 Å². The molecule has 21 heavy (non-hydrogen) atoms. The van der Waals surface area contributed by atoms with Gasteiger partial charge in [-0.05, 0) is 25.0 Å². The zero-order valence-electron chi connectivity index (χ0n) is 12.3. The van der Waals surface area contributed by atoms with Crippen LogP contribution < -0.4 is 16.0 Å². The SMILES string of the molecule is CCn1ccnc1CC(NN)C1COc2ccccc2C1. The summed E-state index contributed by atoms with van der Waals surface area (Å²) in [5.74, 6) is 8.21. The number of nitrogens with two attached hydrogens (primary N) is 1. The number of rotatable bonds is 5. The van der Waals surface area contributed by atoms with Gasteiger partial charge in [-0.15, -0.1) is 0 Å². The van der Waals surface area contributed by atoms with Gasteiger partial charge in [-0.2, -0.15) is 0 Å². The van der Waals surface area contributed by atoms with Gasteiger partial charge < -0.3 is 9.30 Å². The summed E-state index contributed by atoms with van der Waals surface area (Å²) >= 11 is 0. The lowest BCUT2D eigenvalue weighted by molar-refractivity contribution is 0.182. The van der Waals surface area contributed by atoms with E-state index in [0.29, 0.717) is 12.5 Å². The zero-order valence-corrected chi connectivity index (χ0v) is 12.3. The summed E-state index contributed by atoms with van der Waals surface area (Å²) in [7, 11) is 0. The van der Waals surface area contributed by atoms with Crippen molar-refractivity contribution in [3.63, 3.8) is 0 Å². The predicted octanol–water partition coefficient (Wildman–Crippen LogP) is 1.53. The number of benzene rings is 1. The van der Waals surface area contributed by atoms with Crippen LogP contribution in [0, 0.1) is 5.92 Å². The Balaban J connectivity index is 1.73. The fourth-order valence-electron chi connectivity index (χ4n) is 2.99. The number of hydrogen-bond donors (Lipinski definition) is 2. The Morgan fingerprint density at radius 1 is 1.48 bits per heavy atom. The molecule has 0 saturated heterocycles. The number of nitrogens with one attached hydrogen (secondary N) is 1. The first-order chi connectivity index (χ1) is 10.3. The molecule has 0 aliphatic carbocycles. The van der Waals surface area contributed by atoms with Crippen molar-refractivity contribution in [1.82, 2.24) is 15.0 Å². The fourth-order valence-corrected chi connectivity index (χ4v) is 2.99. The lowest BCUT2D eigenvalue weighted by Gasteiger charge is -2.31. The second kappa shape index (κ2) is 6.28. The maximum absolute atomic E-state index is 5.87. The van der Waals surface area contributed by atoms with E-state index in [1.54, 1.807) is 0 Å². The minimum absolute atomic E-state index is 0.158. The minimum atomic E-state index is 0.158. The van der Waals surface area contributed by atoms with Gasteiger partial charge in [0, 0.05) is 37.3 Å². The average Bonchev–Trinajstić information content (AvgIpc) is 2.99. The quantitative estimate of drug-likeness (QED) is 0.646. The smallest absolute Gasteiger partial charge is 0.122 e. The van der Waals surface area contributed by atoms with Gasteiger partial charge in [0.05, 0.1) is 6.61 Å². The first-order valence-corrected chi connectivity index (χ1v) is 7.48. The molecule has 1 aromatic carbocycles. The lowest BCUT2D eigenvalue weighted by Crippen LogP contribution is -2.46. The Morgan fingerprint density at radius 2 is 2.33 bits per heavy atom. The van der Waals surface area contributed by atoms with Gasteiger partial charge in [0.1, 0.15) is 11.6 Å². The molecule has 1 aromatic heterocycles. The maximum atomic E-state index is 5.87. The molecule has 0 spiro atoms. The van der Waals surface area contributed by atoms with E-state index in [2.05, 4.69) is 34.0 Å². The Morgan fingerprint density at radius 3 is 3.14 bits per heavy atom. The summed E-state index contributed by atoms with van der Waals surface area (Å²) in [5.41, 5.74) is 4.22. The van der Waals surface area contributed by atoms with Crippen LogP contribution in [-0.4, -0.2) is 22.2 Å². The summed E-state index contributed by atoms with van der Waals surface area (Å²) in [6.45, 7) is 3.74. The molecule has 5 heteroatoms. The van der Waals surface area contributed by atoms with E-state index in [1.165, 1.54) is 5.56 Å². The molecule has 0 bridgehead atoms. The normalized spacial score (nSPS) is 18.9. The maximum Gasteiger partial charge on any atom is 0.122 e.